The SMILES string of the molecule is Cc1ccc(C=NNC(=O)CCC(=O)Nc2ccc(C)c(C)c2)cc1. The largest absolute Gasteiger partial charge is 0.326 e. The summed E-state index contributed by atoms with van der Waals surface area (Å²) in [4.78, 5) is 23.6. The Morgan fingerprint density at radius 2 is 1.60 bits per heavy atom. The molecule has 2 amide bonds. The molecule has 2 N–H and O–H groups in total. The van der Waals surface area contributed by atoms with Crippen molar-refractivity contribution in [2.45, 2.75) is 33.6 Å². The van der Waals surface area contributed by atoms with Crippen molar-refractivity contribution < 1.29 is 9.59 Å². The van der Waals surface area contributed by atoms with Crippen molar-refractivity contribution in [3.05, 3.63) is 64.7 Å². The number of rotatable bonds is 6. The fourth-order valence-electron chi connectivity index (χ4n) is 2.16. The van der Waals surface area contributed by atoms with Crippen molar-refractivity contribution in [2.24, 2.45) is 5.10 Å². The Labute approximate surface area is 148 Å². The van der Waals surface area contributed by atoms with Gasteiger partial charge in [0.2, 0.25) is 11.8 Å². The number of anilines is 1. The summed E-state index contributed by atoms with van der Waals surface area (Å²) in [6.45, 7) is 6.01. The van der Waals surface area contributed by atoms with Crippen molar-refractivity contribution in [1.29, 1.82) is 0 Å². The predicted molar refractivity (Wildman–Crippen MR) is 101 cm³/mol. The van der Waals surface area contributed by atoms with Gasteiger partial charge >= 0.3 is 0 Å². The highest BCUT2D eigenvalue weighted by Gasteiger charge is 2.07. The van der Waals surface area contributed by atoms with Crippen molar-refractivity contribution in [2.75, 3.05) is 5.32 Å². The Morgan fingerprint density at radius 3 is 2.28 bits per heavy atom. The van der Waals surface area contributed by atoms with Gasteiger partial charge < -0.3 is 5.32 Å². The fourth-order valence-corrected chi connectivity index (χ4v) is 2.16. The Balaban J connectivity index is 1.74. The number of nitrogens with zero attached hydrogens (tertiary/aromatic N) is 1. The van der Waals surface area contributed by atoms with Gasteiger partial charge in [0.25, 0.3) is 0 Å². The number of hydrogen-bond acceptors (Lipinski definition) is 3. The molecule has 0 saturated heterocycles. The molecule has 0 bridgehead atoms. The van der Waals surface area contributed by atoms with Gasteiger partial charge in [-0.25, -0.2) is 5.43 Å². The van der Waals surface area contributed by atoms with Crippen LogP contribution in [0.15, 0.2) is 47.6 Å². The highest BCUT2D eigenvalue weighted by Crippen LogP contribution is 2.14. The molecular formula is C20H23N3O2. The van der Waals surface area contributed by atoms with Gasteiger partial charge in [0.05, 0.1) is 6.21 Å². The molecule has 2 aromatic rings. The molecule has 0 saturated carbocycles. The number of hydrogen-bond donors (Lipinski definition) is 2. The van der Waals surface area contributed by atoms with E-state index >= 15 is 0 Å². The van der Waals surface area contributed by atoms with Crippen molar-refractivity contribution in [1.82, 2.24) is 5.43 Å². The third kappa shape index (κ3) is 6.22. The first-order valence-corrected chi connectivity index (χ1v) is 8.20. The van der Waals surface area contributed by atoms with E-state index in [-0.39, 0.29) is 24.7 Å². The summed E-state index contributed by atoms with van der Waals surface area (Å²) in [5.41, 5.74) is 7.52. The second-order valence-electron chi connectivity index (χ2n) is 6.05. The van der Waals surface area contributed by atoms with Gasteiger partial charge in [-0.1, -0.05) is 35.9 Å². The first-order chi connectivity index (χ1) is 11.9. The lowest BCUT2D eigenvalue weighted by atomic mass is 10.1. The van der Waals surface area contributed by atoms with Crippen LogP contribution in [0.25, 0.3) is 0 Å². The van der Waals surface area contributed by atoms with Gasteiger partial charge in [0.1, 0.15) is 0 Å². The Bertz CT molecular complexity index is 780. The molecule has 130 valence electrons. The molecule has 0 aliphatic rings. The molecule has 0 heterocycles. The third-order valence-corrected chi connectivity index (χ3v) is 3.85. The van der Waals surface area contributed by atoms with Crippen LogP contribution in [-0.4, -0.2) is 18.0 Å². The molecule has 2 aromatic carbocycles. The number of hydrazone groups is 1. The topological polar surface area (TPSA) is 70.6 Å². The first-order valence-electron chi connectivity index (χ1n) is 8.20. The molecule has 0 radical (unpaired) electrons. The van der Waals surface area contributed by atoms with Crippen molar-refractivity contribution >= 4 is 23.7 Å². The van der Waals surface area contributed by atoms with E-state index in [1.165, 1.54) is 5.56 Å². The number of amides is 2. The monoisotopic (exact) mass is 337 g/mol. The molecule has 2 rings (SSSR count). The van der Waals surface area contributed by atoms with Gasteiger partial charge in [-0.15, -0.1) is 0 Å². The van der Waals surface area contributed by atoms with E-state index in [0.29, 0.717) is 0 Å². The predicted octanol–water partition coefficient (Wildman–Crippen LogP) is 3.48. The molecule has 5 nitrogen and oxygen atoms in total. The zero-order valence-electron chi connectivity index (χ0n) is 14.8. The summed E-state index contributed by atoms with van der Waals surface area (Å²) >= 11 is 0. The number of carbonyl (C=O) groups is 2. The summed E-state index contributed by atoms with van der Waals surface area (Å²) in [6, 6.07) is 13.5. The Kier molecular flexibility index (Phi) is 6.46. The summed E-state index contributed by atoms with van der Waals surface area (Å²) in [5, 5.41) is 6.69. The second-order valence-corrected chi connectivity index (χ2v) is 6.05. The molecule has 0 atom stereocenters. The van der Waals surface area contributed by atoms with Crippen LogP contribution < -0.4 is 10.7 Å². The summed E-state index contributed by atoms with van der Waals surface area (Å²) in [6.07, 6.45) is 1.77. The normalized spacial score (nSPS) is 10.7. The first kappa shape index (κ1) is 18.4. The maximum absolute atomic E-state index is 11.9. The highest BCUT2D eigenvalue weighted by molar-refractivity contribution is 5.93. The lowest BCUT2D eigenvalue weighted by molar-refractivity contribution is -0.124. The minimum Gasteiger partial charge on any atom is -0.326 e. The van der Waals surface area contributed by atoms with Crippen molar-refractivity contribution in [3.63, 3.8) is 0 Å². The van der Waals surface area contributed by atoms with Crippen LogP contribution in [0.5, 0.6) is 0 Å². The van der Waals surface area contributed by atoms with Crippen LogP contribution in [0.3, 0.4) is 0 Å². The van der Waals surface area contributed by atoms with Gasteiger partial charge in [0.15, 0.2) is 0 Å². The molecule has 0 aliphatic heterocycles. The number of aryl methyl sites for hydroxylation is 3. The van der Waals surface area contributed by atoms with Crippen LogP contribution in [0.2, 0.25) is 0 Å². The average Bonchev–Trinajstić information content (AvgIpc) is 2.58. The van der Waals surface area contributed by atoms with Gasteiger partial charge in [-0.05, 0) is 49.6 Å². The van der Waals surface area contributed by atoms with Gasteiger partial charge in [-0.2, -0.15) is 5.10 Å². The van der Waals surface area contributed by atoms with Crippen molar-refractivity contribution in [3.8, 4) is 0 Å². The minimum absolute atomic E-state index is 0.0852. The zero-order chi connectivity index (χ0) is 18.2. The molecule has 5 heteroatoms. The van der Waals surface area contributed by atoms with Crippen LogP contribution in [-0.2, 0) is 9.59 Å². The van der Waals surface area contributed by atoms with E-state index in [2.05, 4.69) is 15.8 Å². The number of benzene rings is 2. The summed E-state index contributed by atoms with van der Waals surface area (Å²) in [7, 11) is 0. The average molecular weight is 337 g/mol. The van der Waals surface area contributed by atoms with Crippen LogP contribution in [0, 0.1) is 20.8 Å². The summed E-state index contributed by atoms with van der Waals surface area (Å²) < 4.78 is 0. The molecule has 0 aliphatic carbocycles. The third-order valence-electron chi connectivity index (χ3n) is 3.85. The van der Waals surface area contributed by atoms with Gasteiger partial charge in [0, 0.05) is 18.5 Å². The zero-order valence-corrected chi connectivity index (χ0v) is 14.8. The fraction of sp³-hybridized carbons (Fsp3) is 0.250. The Hall–Kier alpha value is -2.95. The maximum Gasteiger partial charge on any atom is 0.240 e. The maximum atomic E-state index is 11.9. The summed E-state index contributed by atoms with van der Waals surface area (Å²) in [5.74, 6) is -0.487. The second kappa shape index (κ2) is 8.78. The standard InChI is InChI=1S/C20H23N3O2/c1-14-4-7-17(8-5-14)13-21-23-20(25)11-10-19(24)22-18-9-6-15(2)16(3)12-18/h4-9,12-13H,10-11H2,1-3H3,(H,22,24)(H,23,25). The number of carbonyl (C=O) groups excluding carboxylic acids is 2. The minimum atomic E-state index is -0.293. The van der Waals surface area contributed by atoms with Crippen LogP contribution >= 0.6 is 0 Å². The van der Waals surface area contributed by atoms with E-state index in [0.717, 1.165) is 22.4 Å². The lowest BCUT2D eigenvalue weighted by Gasteiger charge is -2.07. The van der Waals surface area contributed by atoms with Crippen LogP contribution in [0.1, 0.15) is 35.1 Å². The quantitative estimate of drug-likeness (QED) is 0.626. The molecule has 0 aromatic heterocycles. The lowest BCUT2D eigenvalue weighted by Crippen LogP contribution is -2.20. The molecule has 0 spiro atoms. The molecule has 0 unspecified atom stereocenters. The molecular weight excluding hydrogens is 314 g/mol. The molecule has 0 fully saturated rings. The van der Waals surface area contributed by atoms with Gasteiger partial charge in [-0.3, -0.25) is 9.59 Å². The van der Waals surface area contributed by atoms with E-state index in [1.807, 2.05) is 63.2 Å². The van der Waals surface area contributed by atoms with E-state index < -0.39 is 0 Å². The number of nitrogens with one attached hydrogen (secondary N) is 2. The highest BCUT2D eigenvalue weighted by atomic mass is 16.2. The molecule has 25 heavy (non-hydrogen) atoms. The van der Waals surface area contributed by atoms with E-state index in [1.54, 1.807) is 6.21 Å². The Morgan fingerprint density at radius 1 is 0.920 bits per heavy atom. The van der Waals surface area contributed by atoms with E-state index in [4.69, 9.17) is 0 Å². The van der Waals surface area contributed by atoms with Crippen LogP contribution in [0.4, 0.5) is 5.69 Å². The smallest absolute Gasteiger partial charge is 0.240 e. The van der Waals surface area contributed by atoms with E-state index in [9.17, 15) is 9.59 Å².